The summed E-state index contributed by atoms with van der Waals surface area (Å²) in [5.74, 6) is -0.333. The van der Waals surface area contributed by atoms with Crippen LogP contribution in [0.4, 0.5) is 10.1 Å². The van der Waals surface area contributed by atoms with Gasteiger partial charge in [0.2, 0.25) is 0 Å². The largest absolute Gasteiger partial charge is 0.497 e. The highest BCUT2D eigenvalue weighted by atomic mass is 35.5. The average Bonchev–Trinajstić information content (AvgIpc) is 2.80. The van der Waals surface area contributed by atoms with Crippen LogP contribution in [0.25, 0.3) is 0 Å². The molecule has 9 heteroatoms. The average molecular weight is 456 g/mol. The molecular weight excluding hydrogens is 437 g/mol. The number of methoxy groups -OCH3 is 1. The zero-order valence-corrected chi connectivity index (χ0v) is 17.7. The quantitative estimate of drug-likeness (QED) is 0.392. The summed E-state index contributed by atoms with van der Waals surface area (Å²) in [4.78, 5) is 24.1. The van der Waals surface area contributed by atoms with Gasteiger partial charge < -0.3 is 14.8 Å². The Kier molecular flexibility index (Phi) is 7.77. The monoisotopic (exact) mass is 455 g/mol. The molecule has 0 saturated heterocycles. The van der Waals surface area contributed by atoms with E-state index >= 15 is 0 Å². The summed E-state index contributed by atoms with van der Waals surface area (Å²) in [6, 6.07) is 16.9. The Labute approximate surface area is 188 Å². The van der Waals surface area contributed by atoms with Crippen LogP contribution in [-0.2, 0) is 4.79 Å². The summed E-state index contributed by atoms with van der Waals surface area (Å²) in [6.07, 6.45) is 1.43. The number of amides is 2. The third-order valence-electron chi connectivity index (χ3n) is 4.15. The van der Waals surface area contributed by atoms with Crippen LogP contribution in [0.15, 0.2) is 71.8 Å². The molecule has 0 aliphatic carbocycles. The van der Waals surface area contributed by atoms with E-state index in [1.165, 1.54) is 37.6 Å². The van der Waals surface area contributed by atoms with Gasteiger partial charge in [0.25, 0.3) is 11.8 Å². The van der Waals surface area contributed by atoms with Crippen molar-refractivity contribution in [2.45, 2.75) is 0 Å². The van der Waals surface area contributed by atoms with Crippen LogP contribution in [0.2, 0.25) is 5.02 Å². The van der Waals surface area contributed by atoms with Crippen LogP contribution in [0.3, 0.4) is 0 Å². The molecule has 3 aromatic carbocycles. The van der Waals surface area contributed by atoms with Crippen molar-refractivity contribution in [2.75, 3.05) is 19.0 Å². The van der Waals surface area contributed by atoms with Gasteiger partial charge in [0.05, 0.1) is 18.3 Å². The number of hydrogen-bond acceptors (Lipinski definition) is 5. The zero-order chi connectivity index (χ0) is 22.9. The molecule has 0 heterocycles. The standard InChI is InChI=1S/C23H19ClFN3O4/c1-31-19-4-2-3-16(12-19)23(30)28-26-13-15-5-10-21(20(24)11-15)32-14-22(29)27-18-8-6-17(25)7-9-18/h2-13H,14H2,1H3,(H,27,29)(H,28,30)/b26-13+. The Hall–Kier alpha value is -3.91. The van der Waals surface area contributed by atoms with Crippen molar-refractivity contribution < 1.29 is 23.5 Å². The van der Waals surface area contributed by atoms with Crippen LogP contribution in [0.1, 0.15) is 15.9 Å². The van der Waals surface area contributed by atoms with Crippen molar-refractivity contribution in [3.8, 4) is 11.5 Å². The molecule has 0 spiro atoms. The first kappa shape index (κ1) is 22.8. The maximum absolute atomic E-state index is 12.9. The van der Waals surface area contributed by atoms with E-state index < -0.39 is 17.6 Å². The molecule has 0 unspecified atom stereocenters. The Morgan fingerprint density at radius 1 is 1.09 bits per heavy atom. The molecule has 0 atom stereocenters. The second-order valence-electron chi connectivity index (χ2n) is 6.46. The topological polar surface area (TPSA) is 89.0 Å². The first-order valence-corrected chi connectivity index (χ1v) is 9.77. The van der Waals surface area contributed by atoms with E-state index in [1.807, 2.05) is 0 Å². The zero-order valence-electron chi connectivity index (χ0n) is 17.0. The Bertz CT molecular complexity index is 1140. The summed E-state index contributed by atoms with van der Waals surface area (Å²) in [6.45, 7) is -0.277. The lowest BCUT2D eigenvalue weighted by Gasteiger charge is -2.09. The van der Waals surface area contributed by atoms with Gasteiger partial charge in [0, 0.05) is 11.3 Å². The Morgan fingerprint density at radius 3 is 2.59 bits per heavy atom. The fourth-order valence-electron chi connectivity index (χ4n) is 2.58. The number of ether oxygens (including phenoxy) is 2. The lowest BCUT2D eigenvalue weighted by Crippen LogP contribution is -2.20. The molecule has 164 valence electrons. The van der Waals surface area contributed by atoms with Gasteiger partial charge in [-0.15, -0.1) is 0 Å². The lowest BCUT2D eigenvalue weighted by molar-refractivity contribution is -0.118. The van der Waals surface area contributed by atoms with Crippen LogP contribution < -0.4 is 20.2 Å². The molecule has 3 rings (SSSR count). The van der Waals surface area contributed by atoms with Crippen molar-refractivity contribution >= 4 is 35.3 Å². The van der Waals surface area contributed by atoms with Crippen LogP contribution >= 0.6 is 11.6 Å². The highest BCUT2D eigenvalue weighted by Gasteiger charge is 2.08. The maximum atomic E-state index is 12.9. The van der Waals surface area contributed by atoms with Crippen molar-refractivity contribution in [1.82, 2.24) is 5.43 Å². The number of nitrogens with zero attached hydrogens (tertiary/aromatic N) is 1. The van der Waals surface area contributed by atoms with E-state index in [-0.39, 0.29) is 11.6 Å². The molecule has 32 heavy (non-hydrogen) atoms. The Morgan fingerprint density at radius 2 is 1.88 bits per heavy atom. The van der Waals surface area contributed by atoms with Crippen LogP contribution in [0.5, 0.6) is 11.5 Å². The number of rotatable bonds is 8. The van der Waals surface area contributed by atoms with Crippen molar-refractivity contribution in [3.63, 3.8) is 0 Å². The summed E-state index contributed by atoms with van der Waals surface area (Å²) in [7, 11) is 1.52. The number of carbonyl (C=O) groups is 2. The van der Waals surface area contributed by atoms with E-state index in [4.69, 9.17) is 21.1 Å². The van der Waals surface area contributed by atoms with E-state index in [1.54, 1.807) is 42.5 Å². The summed E-state index contributed by atoms with van der Waals surface area (Å²) >= 11 is 6.20. The van der Waals surface area contributed by atoms with Gasteiger partial charge in [-0.1, -0.05) is 17.7 Å². The van der Waals surface area contributed by atoms with E-state index in [0.29, 0.717) is 28.3 Å². The SMILES string of the molecule is COc1cccc(C(=O)N/N=C/c2ccc(OCC(=O)Nc3ccc(F)cc3)c(Cl)c2)c1. The summed E-state index contributed by atoms with van der Waals surface area (Å²) in [5, 5.41) is 6.77. The molecule has 0 bridgehead atoms. The second-order valence-corrected chi connectivity index (χ2v) is 6.87. The Balaban J connectivity index is 1.52. The number of nitrogens with one attached hydrogen (secondary N) is 2. The number of carbonyl (C=O) groups excluding carboxylic acids is 2. The van der Waals surface area contributed by atoms with E-state index in [2.05, 4.69) is 15.8 Å². The molecule has 0 aliphatic rings. The maximum Gasteiger partial charge on any atom is 0.271 e. The molecule has 0 radical (unpaired) electrons. The minimum Gasteiger partial charge on any atom is -0.497 e. The van der Waals surface area contributed by atoms with Gasteiger partial charge in [0.1, 0.15) is 17.3 Å². The fraction of sp³-hybridized carbons (Fsp3) is 0.0870. The molecule has 2 N–H and O–H groups in total. The first-order chi connectivity index (χ1) is 15.4. The van der Waals surface area contributed by atoms with E-state index in [9.17, 15) is 14.0 Å². The van der Waals surface area contributed by atoms with Crippen molar-refractivity contribution in [1.29, 1.82) is 0 Å². The molecule has 0 saturated carbocycles. The van der Waals surface area contributed by atoms with Crippen LogP contribution in [-0.4, -0.2) is 31.7 Å². The molecule has 0 fully saturated rings. The van der Waals surface area contributed by atoms with Gasteiger partial charge in [-0.25, -0.2) is 9.82 Å². The van der Waals surface area contributed by atoms with Crippen molar-refractivity contribution in [2.24, 2.45) is 5.10 Å². The fourth-order valence-corrected chi connectivity index (χ4v) is 2.83. The number of hydrogen-bond donors (Lipinski definition) is 2. The molecule has 2 amide bonds. The summed E-state index contributed by atoms with van der Waals surface area (Å²) < 4.78 is 23.4. The highest BCUT2D eigenvalue weighted by Crippen LogP contribution is 2.25. The molecule has 0 aliphatic heterocycles. The molecule has 0 aromatic heterocycles. The minimum absolute atomic E-state index is 0.266. The van der Waals surface area contributed by atoms with E-state index in [0.717, 1.165) is 0 Å². The first-order valence-electron chi connectivity index (χ1n) is 9.40. The third-order valence-corrected chi connectivity index (χ3v) is 4.45. The van der Waals surface area contributed by atoms with Gasteiger partial charge in [0.15, 0.2) is 6.61 Å². The van der Waals surface area contributed by atoms with Crippen LogP contribution in [0, 0.1) is 5.82 Å². The lowest BCUT2D eigenvalue weighted by atomic mass is 10.2. The molecule has 3 aromatic rings. The van der Waals surface area contributed by atoms with Gasteiger partial charge in [-0.2, -0.15) is 5.10 Å². The predicted molar refractivity (Wildman–Crippen MR) is 120 cm³/mol. The smallest absolute Gasteiger partial charge is 0.271 e. The van der Waals surface area contributed by atoms with Gasteiger partial charge in [-0.3, -0.25) is 9.59 Å². The molecule has 7 nitrogen and oxygen atoms in total. The predicted octanol–water partition coefficient (Wildman–Crippen LogP) is 4.27. The summed E-state index contributed by atoms with van der Waals surface area (Å²) in [5.41, 5.74) is 3.90. The van der Waals surface area contributed by atoms with Gasteiger partial charge in [-0.05, 0) is 66.2 Å². The second kappa shape index (κ2) is 10.9. The number of anilines is 1. The normalized spacial score (nSPS) is 10.6. The third kappa shape index (κ3) is 6.55. The molecular formula is C23H19ClFN3O4. The minimum atomic E-state index is -0.418. The number of halogens is 2. The number of benzene rings is 3. The number of hydrazone groups is 1. The van der Waals surface area contributed by atoms with Gasteiger partial charge >= 0.3 is 0 Å². The van der Waals surface area contributed by atoms with Crippen molar-refractivity contribution in [3.05, 3.63) is 88.7 Å². The highest BCUT2D eigenvalue weighted by molar-refractivity contribution is 6.32.